The molecule has 0 fully saturated rings. The molecule has 0 amide bonds. The van der Waals surface area contributed by atoms with Crippen molar-refractivity contribution in [1.82, 2.24) is 5.32 Å². The van der Waals surface area contributed by atoms with Crippen molar-refractivity contribution < 1.29 is 9.15 Å². The lowest BCUT2D eigenvalue weighted by Crippen LogP contribution is -2.18. The number of rotatable bonds is 5. The van der Waals surface area contributed by atoms with Gasteiger partial charge in [0.1, 0.15) is 11.5 Å². The fourth-order valence-corrected chi connectivity index (χ4v) is 2.00. The van der Waals surface area contributed by atoms with Crippen molar-refractivity contribution in [2.45, 2.75) is 19.5 Å². The maximum absolute atomic E-state index is 5.73. The average Bonchev–Trinajstić information content (AvgIpc) is 2.81. The Balaban J connectivity index is 2.01. The molecule has 4 heteroatoms. The van der Waals surface area contributed by atoms with Crippen LogP contribution in [0.5, 0.6) is 5.75 Å². The van der Waals surface area contributed by atoms with Crippen LogP contribution in [0.3, 0.4) is 0 Å². The third kappa shape index (κ3) is 3.06. The van der Waals surface area contributed by atoms with Gasteiger partial charge in [0, 0.05) is 11.6 Å². The van der Waals surface area contributed by atoms with Gasteiger partial charge < -0.3 is 14.5 Å². The second-order valence-corrected chi connectivity index (χ2v) is 4.42. The first-order chi connectivity index (χ1) is 8.70. The lowest BCUT2D eigenvalue weighted by Gasteiger charge is -2.16. The minimum absolute atomic E-state index is 0.171. The van der Waals surface area contributed by atoms with Crippen LogP contribution in [0.1, 0.15) is 24.3 Å². The first kappa shape index (κ1) is 13.0. The standard InChI is InChI=1S/C14H16ClNO2/c1-10(12-5-3-4-6-13(12)17-2)16-9-11-7-8-14(15)18-11/h3-8,10,16H,9H2,1-2H3/t10-/m0/s1. The van der Waals surface area contributed by atoms with Crippen LogP contribution in [0.4, 0.5) is 0 Å². The second kappa shape index (κ2) is 5.94. The molecule has 0 aliphatic rings. The molecule has 0 saturated heterocycles. The Morgan fingerprint density at radius 2 is 2.06 bits per heavy atom. The molecule has 18 heavy (non-hydrogen) atoms. The summed E-state index contributed by atoms with van der Waals surface area (Å²) < 4.78 is 10.6. The molecule has 0 aliphatic carbocycles. The van der Waals surface area contributed by atoms with E-state index in [1.165, 1.54) is 0 Å². The van der Waals surface area contributed by atoms with Crippen molar-refractivity contribution in [1.29, 1.82) is 0 Å². The van der Waals surface area contributed by atoms with E-state index in [4.69, 9.17) is 20.8 Å². The highest BCUT2D eigenvalue weighted by Gasteiger charge is 2.10. The van der Waals surface area contributed by atoms with E-state index in [9.17, 15) is 0 Å². The van der Waals surface area contributed by atoms with Gasteiger partial charge in [-0.3, -0.25) is 0 Å². The molecule has 2 aromatic rings. The van der Waals surface area contributed by atoms with Gasteiger partial charge in [0.2, 0.25) is 0 Å². The predicted molar refractivity (Wildman–Crippen MR) is 72.0 cm³/mol. The van der Waals surface area contributed by atoms with Crippen molar-refractivity contribution in [3.63, 3.8) is 0 Å². The van der Waals surface area contributed by atoms with Gasteiger partial charge in [-0.15, -0.1) is 0 Å². The van der Waals surface area contributed by atoms with E-state index in [2.05, 4.69) is 12.2 Å². The Morgan fingerprint density at radius 1 is 1.28 bits per heavy atom. The summed E-state index contributed by atoms with van der Waals surface area (Å²) >= 11 is 5.73. The predicted octanol–water partition coefficient (Wildman–Crippen LogP) is 3.79. The number of halogens is 1. The fraction of sp³-hybridized carbons (Fsp3) is 0.286. The maximum Gasteiger partial charge on any atom is 0.193 e. The van der Waals surface area contributed by atoms with Gasteiger partial charge >= 0.3 is 0 Å². The van der Waals surface area contributed by atoms with Crippen LogP contribution < -0.4 is 10.1 Å². The van der Waals surface area contributed by atoms with Crippen molar-refractivity contribution in [3.05, 3.63) is 52.9 Å². The summed E-state index contributed by atoms with van der Waals surface area (Å²) in [6.07, 6.45) is 0. The van der Waals surface area contributed by atoms with Gasteiger partial charge in [-0.1, -0.05) is 18.2 Å². The molecule has 1 heterocycles. The molecule has 1 atom stereocenters. The Labute approximate surface area is 112 Å². The Kier molecular flexibility index (Phi) is 4.28. The summed E-state index contributed by atoms with van der Waals surface area (Å²) in [6, 6.07) is 11.7. The van der Waals surface area contributed by atoms with Crippen LogP contribution in [-0.4, -0.2) is 7.11 Å². The molecule has 1 aromatic heterocycles. The molecule has 96 valence electrons. The van der Waals surface area contributed by atoms with E-state index in [0.29, 0.717) is 11.8 Å². The largest absolute Gasteiger partial charge is 0.496 e. The van der Waals surface area contributed by atoms with E-state index in [-0.39, 0.29) is 6.04 Å². The smallest absolute Gasteiger partial charge is 0.193 e. The number of ether oxygens (including phenoxy) is 1. The molecular formula is C14H16ClNO2. The van der Waals surface area contributed by atoms with Gasteiger partial charge in [-0.25, -0.2) is 0 Å². The monoisotopic (exact) mass is 265 g/mol. The van der Waals surface area contributed by atoms with E-state index in [0.717, 1.165) is 17.1 Å². The molecular weight excluding hydrogens is 250 g/mol. The van der Waals surface area contributed by atoms with E-state index >= 15 is 0 Å². The van der Waals surface area contributed by atoms with E-state index in [1.807, 2.05) is 30.3 Å². The highest BCUT2D eigenvalue weighted by molar-refractivity contribution is 6.28. The van der Waals surface area contributed by atoms with Crippen LogP contribution in [-0.2, 0) is 6.54 Å². The number of furan rings is 1. The lowest BCUT2D eigenvalue weighted by atomic mass is 10.1. The van der Waals surface area contributed by atoms with E-state index < -0.39 is 0 Å². The van der Waals surface area contributed by atoms with Crippen LogP contribution in [0, 0.1) is 0 Å². The highest BCUT2D eigenvalue weighted by atomic mass is 35.5. The third-order valence-corrected chi connectivity index (χ3v) is 3.02. The van der Waals surface area contributed by atoms with Gasteiger partial charge in [0.25, 0.3) is 0 Å². The van der Waals surface area contributed by atoms with Gasteiger partial charge in [-0.05, 0) is 36.7 Å². The summed E-state index contributed by atoms with van der Waals surface area (Å²) in [7, 11) is 1.68. The van der Waals surface area contributed by atoms with E-state index in [1.54, 1.807) is 13.2 Å². The molecule has 1 N–H and O–H groups in total. The molecule has 0 spiro atoms. The van der Waals surface area contributed by atoms with Gasteiger partial charge in [0.05, 0.1) is 13.7 Å². The molecule has 3 nitrogen and oxygen atoms in total. The van der Waals surface area contributed by atoms with Crippen molar-refractivity contribution in [2.24, 2.45) is 0 Å². The number of hydrogen-bond acceptors (Lipinski definition) is 3. The zero-order chi connectivity index (χ0) is 13.0. The normalized spacial score (nSPS) is 12.4. The average molecular weight is 266 g/mol. The Bertz CT molecular complexity index is 510. The fourth-order valence-electron chi connectivity index (χ4n) is 1.83. The summed E-state index contributed by atoms with van der Waals surface area (Å²) in [5.74, 6) is 1.71. The summed E-state index contributed by atoms with van der Waals surface area (Å²) in [5.41, 5.74) is 1.12. The first-order valence-corrected chi connectivity index (χ1v) is 6.19. The molecule has 0 aliphatic heterocycles. The van der Waals surface area contributed by atoms with Crippen LogP contribution in [0.25, 0.3) is 0 Å². The SMILES string of the molecule is COc1ccccc1[C@H](C)NCc1ccc(Cl)o1. The Morgan fingerprint density at radius 3 is 2.72 bits per heavy atom. The van der Waals surface area contributed by atoms with Crippen molar-refractivity contribution >= 4 is 11.6 Å². The zero-order valence-electron chi connectivity index (χ0n) is 10.4. The number of para-hydroxylation sites is 1. The number of methoxy groups -OCH3 is 1. The first-order valence-electron chi connectivity index (χ1n) is 5.81. The number of nitrogens with one attached hydrogen (secondary N) is 1. The van der Waals surface area contributed by atoms with Crippen LogP contribution in [0.15, 0.2) is 40.8 Å². The molecule has 1 aromatic carbocycles. The Hall–Kier alpha value is -1.45. The molecule has 0 bridgehead atoms. The third-order valence-electron chi connectivity index (χ3n) is 2.82. The molecule has 2 rings (SSSR count). The van der Waals surface area contributed by atoms with Gasteiger partial charge in [0.15, 0.2) is 5.22 Å². The minimum atomic E-state index is 0.171. The maximum atomic E-state index is 5.73. The quantitative estimate of drug-likeness (QED) is 0.893. The summed E-state index contributed by atoms with van der Waals surface area (Å²) in [6.45, 7) is 2.72. The highest BCUT2D eigenvalue weighted by Crippen LogP contribution is 2.24. The minimum Gasteiger partial charge on any atom is -0.496 e. The molecule has 0 unspecified atom stereocenters. The zero-order valence-corrected chi connectivity index (χ0v) is 11.2. The van der Waals surface area contributed by atoms with Gasteiger partial charge in [-0.2, -0.15) is 0 Å². The van der Waals surface area contributed by atoms with Crippen molar-refractivity contribution in [3.8, 4) is 5.75 Å². The number of benzene rings is 1. The lowest BCUT2D eigenvalue weighted by molar-refractivity contribution is 0.398. The van der Waals surface area contributed by atoms with Crippen molar-refractivity contribution in [2.75, 3.05) is 7.11 Å². The molecule has 0 saturated carbocycles. The summed E-state index contributed by atoms with van der Waals surface area (Å²) in [5, 5.41) is 3.78. The number of hydrogen-bond donors (Lipinski definition) is 1. The molecule has 0 radical (unpaired) electrons. The van der Waals surface area contributed by atoms with Crippen LogP contribution in [0.2, 0.25) is 5.22 Å². The topological polar surface area (TPSA) is 34.4 Å². The second-order valence-electron chi connectivity index (χ2n) is 4.05. The summed E-state index contributed by atoms with van der Waals surface area (Å²) in [4.78, 5) is 0. The van der Waals surface area contributed by atoms with Crippen LogP contribution >= 0.6 is 11.6 Å².